The second kappa shape index (κ2) is 8.44. The summed E-state index contributed by atoms with van der Waals surface area (Å²) in [5.41, 5.74) is 1.09. The van der Waals surface area contributed by atoms with E-state index < -0.39 is 5.54 Å². The number of quaternary nitrogens is 1. The minimum atomic E-state index is -0.964. The fourth-order valence-electron chi connectivity index (χ4n) is 4.61. The molecule has 0 radical (unpaired) electrons. The number of hydrogen-bond acceptors (Lipinski definition) is 3. The highest BCUT2D eigenvalue weighted by Gasteiger charge is 2.53. The molecule has 4 rings (SSSR count). The van der Waals surface area contributed by atoms with Gasteiger partial charge < -0.3 is 15.1 Å². The van der Waals surface area contributed by atoms with Gasteiger partial charge in [0, 0.05) is 17.8 Å². The standard InChI is InChI=1S/C23H29N5O2/c1-18(2)16-23(19-6-4-3-5-7-19)21(29)28(22(30)25-23)17-26-12-14-27(15-13-26)20-8-10-24-11-9-20/h3-11,18H,12-17H2,1-2H3,(H,25,30)/p+2/t23-/m1/s1. The molecule has 1 aromatic carbocycles. The van der Waals surface area contributed by atoms with Gasteiger partial charge in [0.2, 0.25) is 0 Å². The number of nitrogens with one attached hydrogen (secondary N) is 3. The molecular weight excluding hydrogens is 378 g/mol. The number of H-pyrrole nitrogens is 1. The van der Waals surface area contributed by atoms with Crippen molar-refractivity contribution in [1.82, 2.24) is 10.2 Å². The van der Waals surface area contributed by atoms with Crippen LogP contribution in [-0.4, -0.2) is 49.7 Å². The molecule has 2 aromatic rings. The molecule has 30 heavy (non-hydrogen) atoms. The quantitative estimate of drug-likeness (QED) is 0.689. The van der Waals surface area contributed by atoms with E-state index in [1.807, 2.05) is 42.7 Å². The van der Waals surface area contributed by atoms with E-state index in [0.29, 0.717) is 13.1 Å². The van der Waals surface area contributed by atoms with Crippen LogP contribution in [0.2, 0.25) is 0 Å². The van der Waals surface area contributed by atoms with E-state index in [-0.39, 0.29) is 17.9 Å². The predicted octanol–water partition coefficient (Wildman–Crippen LogP) is 0.657. The molecule has 1 atom stereocenters. The summed E-state index contributed by atoms with van der Waals surface area (Å²) in [6.07, 6.45) is 4.45. The number of pyridine rings is 1. The number of benzene rings is 1. The van der Waals surface area contributed by atoms with Crippen LogP contribution in [0.4, 0.5) is 10.5 Å². The first-order chi connectivity index (χ1) is 14.5. The van der Waals surface area contributed by atoms with E-state index in [0.717, 1.165) is 31.7 Å². The Morgan fingerprint density at radius 1 is 1.07 bits per heavy atom. The fourth-order valence-corrected chi connectivity index (χ4v) is 4.61. The van der Waals surface area contributed by atoms with E-state index in [9.17, 15) is 9.59 Å². The number of aromatic amines is 1. The number of anilines is 1. The Labute approximate surface area is 177 Å². The first kappa shape index (κ1) is 20.3. The number of hydrogen-bond donors (Lipinski definition) is 2. The van der Waals surface area contributed by atoms with Crippen molar-refractivity contribution in [3.8, 4) is 0 Å². The number of carbonyl (C=O) groups is 2. The van der Waals surface area contributed by atoms with E-state index in [1.165, 1.54) is 15.5 Å². The minimum absolute atomic E-state index is 0.124. The smallest absolute Gasteiger partial charge is 0.329 e. The van der Waals surface area contributed by atoms with Gasteiger partial charge in [0.1, 0.15) is 5.54 Å². The maximum absolute atomic E-state index is 13.5. The van der Waals surface area contributed by atoms with Crippen LogP contribution in [0.15, 0.2) is 54.9 Å². The molecule has 0 aliphatic carbocycles. The van der Waals surface area contributed by atoms with Crippen molar-refractivity contribution in [3.05, 3.63) is 60.4 Å². The molecule has 0 unspecified atom stereocenters. The van der Waals surface area contributed by atoms with Gasteiger partial charge in [-0.1, -0.05) is 44.2 Å². The third-order valence-electron chi connectivity index (χ3n) is 6.07. The lowest BCUT2D eigenvalue weighted by molar-refractivity contribution is -0.907. The monoisotopic (exact) mass is 409 g/mol. The molecule has 2 aliphatic rings. The van der Waals surface area contributed by atoms with Crippen molar-refractivity contribution in [3.63, 3.8) is 0 Å². The van der Waals surface area contributed by atoms with E-state index in [2.05, 4.69) is 41.2 Å². The molecular formula is C23H31N5O2+2. The van der Waals surface area contributed by atoms with Crippen LogP contribution in [0.5, 0.6) is 0 Å². The minimum Gasteiger partial charge on any atom is -0.360 e. The maximum Gasteiger partial charge on any atom is 0.329 e. The van der Waals surface area contributed by atoms with Crippen molar-refractivity contribution in [2.24, 2.45) is 5.92 Å². The van der Waals surface area contributed by atoms with Gasteiger partial charge in [-0.25, -0.2) is 14.7 Å². The zero-order chi connectivity index (χ0) is 21.1. The number of imide groups is 1. The van der Waals surface area contributed by atoms with Gasteiger partial charge in [-0.05, 0) is 17.9 Å². The second-order valence-corrected chi connectivity index (χ2v) is 8.69. The second-order valence-electron chi connectivity index (χ2n) is 8.69. The lowest BCUT2D eigenvalue weighted by Crippen LogP contribution is -3.16. The summed E-state index contributed by atoms with van der Waals surface area (Å²) in [6.45, 7) is 8.15. The lowest BCUT2D eigenvalue weighted by atomic mass is 9.82. The molecule has 1 aromatic heterocycles. The van der Waals surface area contributed by atoms with E-state index in [4.69, 9.17) is 0 Å². The van der Waals surface area contributed by atoms with Crippen molar-refractivity contribution >= 4 is 17.6 Å². The van der Waals surface area contributed by atoms with Crippen LogP contribution in [0.25, 0.3) is 0 Å². The predicted molar refractivity (Wildman–Crippen MR) is 114 cm³/mol. The highest BCUT2D eigenvalue weighted by Crippen LogP contribution is 2.34. The van der Waals surface area contributed by atoms with Gasteiger partial charge in [0.25, 0.3) is 5.91 Å². The maximum atomic E-state index is 13.5. The van der Waals surface area contributed by atoms with Crippen molar-refractivity contribution in [2.45, 2.75) is 25.8 Å². The molecule has 0 spiro atoms. The largest absolute Gasteiger partial charge is 0.360 e. The summed E-state index contributed by atoms with van der Waals surface area (Å²) in [6, 6.07) is 13.5. The SMILES string of the molecule is CC(C)C[C@]1(c2ccccc2)NC(=O)N(C[NH+]2CCN(c3cc[nH+]cc3)CC2)C1=O. The molecule has 2 saturated heterocycles. The summed E-state index contributed by atoms with van der Waals surface area (Å²) in [4.78, 5) is 34.5. The van der Waals surface area contributed by atoms with Gasteiger partial charge >= 0.3 is 6.03 Å². The summed E-state index contributed by atoms with van der Waals surface area (Å²) >= 11 is 0. The Balaban J connectivity index is 1.46. The van der Waals surface area contributed by atoms with Crippen LogP contribution in [-0.2, 0) is 10.3 Å². The van der Waals surface area contributed by atoms with Crippen LogP contribution in [0.1, 0.15) is 25.8 Å². The Morgan fingerprint density at radius 2 is 1.73 bits per heavy atom. The van der Waals surface area contributed by atoms with Gasteiger partial charge in [-0.15, -0.1) is 0 Å². The van der Waals surface area contributed by atoms with Crippen molar-refractivity contribution < 1.29 is 19.5 Å². The molecule has 3 N–H and O–H groups in total. The normalized spacial score (nSPS) is 22.6. The Kier molecular flexibility index (Phi) is 5.72. The van der Waals surface area contributed by atoms with Gasteiger partial charge in [0.05, 0.1) is 26.2 Å². The molecule has 2 fully saturated rings. The summed E-state index contributed by atoms with van der Waals surface area (Å²) in [7, 11) is 0. The average molecular weight is 410 g/mol. The summed E-state index contributed by atoms with van der Waals surface area (Å²) in [5.74, 6) is 0.148. The zero-order valence-electron chi connectivity index (χ0n) is 17.7. The molecule has 3 amide bonds. The lowest BCUT2D eigenvalue weighted by Gasteiger charge is -2.34. The summed E-state index contributed by atoms with van der Waals surface area (Å²) in [5, 5.41) is 3.05. The van der Waals surface area contributed by atoms with Gasteiger partial charge in [-0.3, -0.25) is 4.79 Å². The first-order valence-corrected chi connectivity index (χ1v) is 10.7. The molecule has 7 nitrogen and oxygen atoms in total. The van der Waals surface area contributed by atoms with Gasteiger partial charge in [-0.2, -0.15) is 0 Å². The zero-order valence-corrected chi connectivity index (χ0v) is 17.7. The molecule has 2 aliphatic heterocycles. The van der Waals surface area contributed by atoms with Gasteiger partial charge in [0.15, 0.2) is 19.1 Å². The third-order valence-corrected chi connectivity index (χ3v) is 6.07. The Hall–Kier alpha value is -2.93. The fraction of sp³-hybridized carbons (Fsp3) is 0.435. The number of piperazine rings is 1. The Bertz CT molecular complexity index is 881. The van der Waals surface area contributed by atoms with Crippen molar-refractivity contribution in [1.29, 1.82) is 0 Å². The molecule has 0 saturated carbocycles. The van der Waals surface area contributed by atoms with Crippen molar-refractivity contribution in [2.75, 3.05) is 37.7 Å². The number of amides is 3. The topological polar surface area (TPSA) is 71.2 Å². The third kappa shape index (κ3) is 3.89. The number of nitrogens with zero attached hydrogens (tertiary/aromatic N) is 2. The van der Waals surface area contributed by atoms with Crippen LogP contribution in [0, 0.1) is 5.92 Å². The van der Waals surface area contributed by atoms with E-state index in [1.54, 1.807) is 0 Å². The number of carbonyl (C=O) groups excluding carboxylic acids is 2. The molecule has 0 bridgehead atoms. The average Bonchev–Trinajstić information content (AvgIpc) is 3.00. The highest BCUT2D eigenvalue weighted by atomic mass is 16.2. The van der Waals surface area contributed by atoms with Crippen LogP contribution in [0.3, 0.4) is 0 Å². The van der Waals surface area contributed by atoms with Crippen LogP contribution >= 0.6 is 0 Å². The van der Waals surface area contributed by atoms with E-state index >= 15 is 0 Å². The van der Waals surface area contributed by atoms with Crippen LogP contribution < -0.4 is 20.1 Å². The number of rotatable bonds is 6. The first-order valence-electron chi connectivity index (χ1n) is 10.7. The number of urea groups is 1. The molecule has 3 heterocycles. The Morgan fingerprint density at radius 3 is 2.37 bits per heavy atom. The number of aromatic nitrogens is 1. The highest BCUT2D eigenvalue weighted by molar-refractivity contribution is 6.07. The summed E-state index contributed by atoms with van der Waals surface area (Å²) < 4.78 is 0. The molecule has 158 valence electrons. The molecule has 7 heteroatoms.